The van der Waals surface area contributed by atoms with Crippen LogP contribution in [0.1, 0.15) is 27.2 Å². The van der Waals surface area contributed by atoms with Crippen molar-refractivity contribution in [1.82, 2.24) is 4.90 Å². The molecule has 0 fully saturated rings. The Morgan fingerprint density at radius 2 is 2.00 bits per heavy atom. The van der Waals surface area contributed by atoms with Gasteiger partial charge in [0, 0.05) is 18.5 Å². The number of nitrogens with zero attached hydrogens (tertiary/aromatic N) is 2. The normalized spacial score (nSPS) is 18.5. The standard InChI is InChI=1S/C10H16N2/c1-6-10-7(2)8(3)12(5)9(4)11-10/h4,6H2,1-3,5H3. The highest BCUT2D eigenvalue weighted by Crippen LogP contribution is 2.21. The molecule has 1 aliphatic heterocycles. The highest BCUT2D eigenvalue weighted by Gasteiger charge is 2.15. The molecule has 0 radical (unpaired) electrons. The number of hydrogen-bond donors (Lipinski definition) is 0. The molecule has 2 nitrogen and oxygen atoms in total. The summed E-state index contributed by atoms with van der Waals surface area (Å²) in [5, 5.41) is 0. The summed E-state index contributed by atoms with van der Waals surface area (Å²) in [6.07, 6.45) is 0.982. The molecule has 1 heterocycles. The van der Waals surface area contributed by atoms with E-state index >= 15 is 0 Å². The molecule has 0 unspecified atom stereocenters. The molecule has 0 atom stereocenters. The maximum absolute atomic E-state index is 4.40. The Morgan fingerprint density at radius 1 is 1.42 bits per heavy atom. The van der Waals surface area contributed by atoms with Crippen molar-refractivity contribution in [1.29, 1.82) is 0 Å². The summed E-state index contributed by atoms with van der Waals surface area (Å²) in [6.45, 7) is 10.2. The first kappa shape index (κ1) is 9.04. The van der Waals surface area contributed by atoms with Crippen LogP contribution in [0.25, 0.3) is 0 Å². The molecule has 0 saturated heterocycles. The molecule has 0 aliphatic carbocycles. The number of hydrogen-bond acceptors (Lipinski definition) is 2. The topological polar surface area (TPSA) is 15.6 Å². The predicted molar refractivity (Wildman–Crippen MR) is 53.0 cm³/mol. The maximum Gasteiger partial charge on any atom is 0.125 e. The van der Waals surface area contributed by atoms with Crippen molar-refractivity contribution < 1.29 is 0 Å². The Hall–Kier alpha value is -1.05. The van der Waals surface area contributed by atoms with Gasteiger partial charge in [0.05, 0.1) is 0 Å². The van der Waals surface area contributed by atoms with Crippen LogP contribution in [0.2, 0.25) is 0 Å². The molecule has 0 spiro atoms. The molecular weight excluding hydrogens is 148 g/mol. The van der Waals surface area contributed by atoms with Gasteiger partial charge in [0.1, 0.15) is 5.82 Å². The average molecular weight is 164 g/mol. The molecule has 1 rings (SSSR count). The Kier molecular flexibility index (Phi) is 2.36. The van der Waals surface area contributed by atoms with Crippen molar-refractivity contribution in [2.75, 3.05) is 7.05 Å². The third kappa shape index (κ3) is 1.29. The lowest BCUT2D eigenvalue weighted by molar-refractivity contribution is 0.506. The lowest BCUT2D eigenvalue weighted by Crippen LogP contribution is -2.22. The van der Waals surface area contributed by atoms with Gasteiger partial charge in [-0.1, -0.05) is 13.5 Å². The minimum atomic E-state index is 0.843. The van der Waals surface area contributed by atoms with Gasteiger partial charge in [-0.05, 0) is 25.8 Å². The smallest absolute Gasteiger partial charge is 0.125 e. The van der Waals surface area contributed by atoms with Crippen LogP contribution in [0.4, 0.5) is 0 Å². The summed E-state index contributed by atoms with van der Waals surface area (Å²) in [5.74, 6) is 0.843. The summed E-state index contributed by atoms with van der Waals surface area (Å²) in [4.78, 5) is 6.43. The molecule has 2 heteroatoms. The quantitative estimate of drug-likeness (QED) is 0.581. The third-order valence-electron chi connectivity index (χ3n) is 2.46. The molecule has 0 bridgehead atoms. The number of aliphatic imine (C=N–C) groups is 1. The van der Waals surface area contributed by atoms with E-state index in [0.29, 0.717) is 0 Å². The van der Waals surface area contributed by atoms with Crippen LogP contribution in [0, 0.1) is 0 Å². The zero-order valence-corrected chi connectivity index (χ0v) is 8.31. The van der Waals surface area contributed by atoms with Gasteiger partial charge in [0.2, 0.25) is 0 Å². The molecule has 1 aliphatic rings. The Bertz CT molecular complexity index is 269. The van der Waals surface area contributed by atoms with Crippen LogP contribution in [0.15, 0.2) is 28.7 Å². The fourth-order valence-electron chi connectivity index (χ4n) is 1.31. The van der Waals surface area contributed by atoms with Gasteiger partial charge < -0.3 is 4.90 Å². The van der Waals surface area contributed by atoms with Gasteiger partial charge in [-0.25, -0.2) is 4.99 Å². The van der Waals surface area contributed by atoms with Crippen LogP contribution >= 0.6 is 0 Å². The second-order valence-corrected chi connectivity index (χ2v) is 3.10. The molecular formula is C10H16N2. The molecule has 0 saturated carbocycles. The molecule has 66 valence electrons. The fourth-order valence-corrected chi connectivity index (χ4v) is 1.31. The summed E-state index contributed by atoms with van der Waals surface area (Å²) in [6, 6.07) is 0. The van der Waals surface area contributed by atoms with Gasteiger partial charge in [-0.2, -0.15) is 0 Å². The van der Waals surface area contributed by atoms with Crippen LogP contribution in [-0.4, -0.2) is 17.7 Å². The summed E-state index contributed by atoms with van der Waals surface area (Å²) >= 11 is 0. The Morgan fingerprint density at radius 3 is 2.50 bits per heavy atom. The molecule has 0 amide bonds. The highest BCUT2D eigenvalue weighted by atomic mass is 15.2. The van der Waals surface area contributed by atoms with Crippen molar-refractivity contribution in [3.63, 3.8) is 0 Å². The Labute approximate surface area is 74.3 Å². The van der Waals surface area contributed by atoms with E-state index in [1.165, 1.54) is 11.3 Å². The zero-order valence-electron chi connectivity index (χ0n) is 8.31. The van der Waals surface area contributed by atoms with Crippen molar-refractivity contribution >= 4 is 5.71 Å². The van der Waals surface area contributed by atoms with Crippen molar-refractivity contribution in [3.8, 4) is 0 Å². The predicted octanol–water partition coefficient (Wildman–Crippen LogP) is 2.55. The summed E-state index contributed by atoms with van der Waals surface area (Å²) in [7, 11) is 2.00. The number of allylic oxidation sites excluding steroid dienone is 2. The first-order valence-electron chi connectivity index (χ1n) is 4.26. The molecule has 0 aromatic carbocycles. The van der Waals surface area contributed by atoms with Crippen LogP contribution in [0.5, 0.6) is 0 Å². The van der Waals surface area contributed by atoms with E-state index in [9.17, 15) is 0 Å². The fraction of sp³-hybridized carbons (Fsp3) is 0.500. The lowest BCUT2D eigenvalue weighted by atomic mass is 10.1. The van der Waals surface area contributed by atoms with Gasteiger partial charge in [-0.3, -0.25) is 0 Å². The SMILES string of the molecule is C=C1N=C(CC)C(C)=C(C)N1C. The van der Waals surface area contributed by atoms with Gasteiger partial charge in [0.25, 0.3) is 0 Å². The summed E-state index contributed by atoms with van der Waals surface area (Å²) < 4.78 is 0. The molecule has 12 heavy (non-hydrogen) atoms. The van der Waals surface area contributed by atoms with Gasteiger partial charge >= 0.3 is 0 Å². The van der Waals surface area contributed by atoms with E-state index < -0.39 is 0 Å². The van der Waals surface area contributed by atoms with Crippen molar-refractivity contribution in [2.24, 2.45) is 4.99 Å². The first-order valence-corrected chi connectivity index (χ1v) is 4.26. The van der Waals surface area contributed by atoms with Crippen LogP contribution < -0.4 is 0 Å². The van der Waals surface area contributed by atoms with E-state index in [1.54, 1.807) is 0 Å². The van der Waals surface area contributed by atoms with Gasteiger partial charge in [0.15, 0.2) is 0 Å². The maximum atomic E-state index is 4.40. The number of rotatable bonds is 1. The minimum absolute atomic E-state index is 0.843. The Balaban J connectivity index is 3.09. The lowest BCUT2D eigenvalue weighted by Gasteiger charge is -2.27. The molecule has 0 aromatic heterocycles. The van der Waals surface area contributed by atoms with Crippen LogP contribution in [-0.2, 0) is 0 Å². The van der Waals surface area contributed by atoms with E-state index in [1.807, 2.05) is 11.9 Å². The molecule has 0 aromatic rings. The van der Waals surface area contributed by atoms with E-state index in [-0.39, 0.29) is 0 Å². The average Bonchev–Trinajstić information content (AvgIpc) is 2.08. The summed E-state index contributed by atoms with van der Waals surface area (Å²) in [5.41, 5.74) is 3.70. The second kappa shape index (κ2) is 3.13. The third-order valence-corrected chi connectivity index (χ3v) is 2.46. The second-order valence-electron chi connectivity index (χ2n) is 3.10. The molecule has 0 N–H and O–H groups in total. The highest BCUT2D eigenvalue weighted by molar-refractivity contribution is 6.01. The van der Waals surface area contributed by atoms with Crippen molar-refractivity contribution in [3.05, 3.63) is 23.7 Å². The first-order chi connectivity index (χ1) is 5.57. The minimum Gasteiger partial charge on any atom is -0.334 e. The van der Waals surface area contributed by atoms with Crippen LogP contribution in [0.3, 0.4) is 0 Å². The monoisotopic (exact) mass is 164 g/mol. The largest absolute Gasteiger partial charge is 0.334 e. The zero-order chi connectivity index (χ0) is 9.30. The van der Waals surface area contributed by atoms with Gasteiger partial charge in [-0.15, -0.1) is 0 Å². The van der Waals surface area contributed by atoms with E-state index in [0.717, 1.165) is 18.0 Å². The van der Waals surface area contributed by atoms with Crippen molar-refractivity contribution in [2.45, 2.75) is 27.2 Å². The van der Waals surface area contributed by atoms with E-state index in [4.69, 9.17) is 0 Å². The van der Waals surface area contributed by atoms with E-state index in [2.05, 4.69) is 32.3 Å².